The average molecular weight is 393 g/mol. The maximum atomic E-state index is 12.9. The molecule has 1 saturated heterocycles. The van der Waals surface area contributed by atoms with Crippen molar-refractivity contribution < 1.29 is 28.3 Å². The van der Waals surface area contributed by atoms with E-state index in [2.05, 4.69) is 10.6 Å². The Hall–Kier alpha value is -2.97. The number of amides is 4. The van der Waals surface area contributed by atoms with Crippen molar-refractivity contribution in [2.45, 2.75) is 51.7 Å². The van der Waals surface area contributed by atoms with Gasteiger partial charge in [-0.2, -0.15) is 0 Å². The van der Waals surface area contributed by atoms with Crippen LogP contribution in [0.3, 0.4) is 0 Å². The fraction of sp³-hybridized carbons (Fsp3) is 0.474. The van der Waals surface area contributed by atoms with E-state index in [0.717, 1.165) is 17.7 Å². The Bertz CT molecular complexity index is 767. The summed E-state index contributed by atoms with van der Waals surface area (Å²) in [7, 11) is 0. The van der Waals surface area contributed by atoms with Crippen molar-refractivity contribution in [2.24, 2.45) is 0 Å². The normalized spacial score (nSPS) is 19.9. The number of imide groups is 1. The molecular weight excluding hydrogens is 369 g/mol. The lowest BCUT2D eigenvalue weighted by atomic mass is 9.95. The molecule has 1 aromatic rings. The van der Waals surface area contributed by atoms with E-state index in [0.29, 0.717) is 12.1 Å². The number of carbonyl (C=O) groups excluding carboxylic acids is 4. The smallest absolute Gasteiger partial charge is 0.327 e. The molecule has 4 amide bonds. The first-order valence-corrected chi connectivity index (χ1v) is 9.06. The van der Waals surface area contributed by atoms with Crippen molar-refractivity contribution in [3.05, 3.63) is 30.1 Å². The summed E-state index contributed by atoms with van der Waals surface area (Å²) in [5.41, 5.74) is -0.700. The molecule has 1 heterocycles. The van der Waals surface area contributed by atoms with Crippen LogP contribution in [0.2, 0.25) is 0 Å². The van der Waals surface area contributed by atoms with Crippen LogP contribution < -0.4 is 10.6 Å². The first-order valence-electron chi connectivity index (χ1n) is 9.06. The van der Waals surface area contributed by atoms with Crippen molar-refractivity contribution in [3.8, 4) is 0 Å². The monoisotopic (exact) mass is 393 g/mol. The van der Waals surface area contributed by atoms with Crippen molar-refractivity contribution in [3.63, 3.8) is 0 Å². The summed E-state index contributed by atoms with van der Waals surface area (Å²) < 4.78 is 17.9. The molecule has 0 bridgehead atoms. The van der Waals surface area contributed by atoms with Gasteiger partial charge in [0.25, 0.3) is 11.8 Å². The predicted octanol–water partition coefficient (Wildman–Crippen LogP) is 2.20. The third kappa shape index (κ3) is 5.05. The highest BCUT2D eigenvalue weighted by molar-refractivity contribution is 6.08. The number of nitrogens with one attached hydrogen (secondary N) is 2. The third-order valence-electron chi connectivity index (χ3n) is 4.45. The molecule has 2 atom stereocenters. The predicted molar refractivity (Wildman–Crippen MR) is 98.8 cm³/mol. The van der Waals surface area contributed by atoms with Crippen LogP contribution in [-0.4, -0.2) is 46.9 Å². The van der Waals surface area contributed by atoms with Crippen molar-refractivity contribution >= 4 is 29.5 Å². The van der Waals surface area contributed by atoms with Crippen LogP contribution in [0.1, 0.15) is 40.0 Å². The molecule has 9 heteroatoms. The number of rotatable bonds is 8. The van der Waals surface area contributed by atoms with E-state index in [9.17, 15) is 23.6 Å². The van der Waals surface area contributed by atoms with Gasteiger partial charge in [-0.15, -0.1) is 0 Å². The summed E-state index contributed by atoms with van der Waals surface area (Å²) >= 11 is 0. The zero-order valence-electron chi connectivity index (χ0n) is 16.1. The molecule has 0 aromatic heterocycles. The second kappa shape index (κ2) is 8.81. The van der Waals surface area contributed by atoms with E-state index in [-0.39, 0.29) is 0 Å². The van der Waals surface area contributed by atoms with E-state index in [1.165, 1.54) is 31.2 Å². The number of urea groups is 1. The number of carbonyl (C=O) groups is 4. The highest BCUT2D eigenvalue weighted by Gasteiger charge is 2.48. The summed E-state index contributed by atoms with van der Waals surface area (Å²) in [4.78, 5) is 49.5. The number of anilines is 1. The van der Waals surface area contributed by atoms with Gasteiger partial charge in [0.1, 0.15) is 17.9 Å². The van der Waals surface area contributed by atoms with Crippen molar-refractivity contribution in [1.82, 2.24) is 10.2 Å². The first kappa shape index (κ1) is 21.3. The van der Waals surface area contributed by atoms with Crippen LogP contribution in [0.25, 0.3) is 0 Å². The minimum Gasteiger partial charge on any atom is -0.451 e. The SMILES string of the molecule is CCCC[C@]1(C)NC(=O)N(CC(=O)O[C@@H](C)C(=O)Nc2ccc(F)cc2)C1=O. The standard InChI is InChI=1S/C19H24FN3O5/c1-4-5-10-19(3)17(26)23(18(27)22-19)11-15(24)28-12(2)16(25)21-14-8-6-13(20)7-9-14/h6-9,12H,4-5,10-11H2,1-3H3,(H,21,25)(H,22,27)/t12-,19-/m0/s1. The Morgan fingerprint density at radius 3 is 2.54 bits per heavy atom. The number of hydrogen-bond acceptors (Lipinski definition) is 5. The molecule has 8 nitrogen and oxygen atoms in total. The van der Waals surface area contributed by atoms with Gasteiger partial charge in [-0.05, 0) is 44.5 Å². The average Bonchev–Trinajstić information content (AvgIpc) is 2.85. The maximum Gasteiger partial charge on any atom is 0.327 e. The van der Waals surface area contributed by atoms with Crippen LogP contribution >= 0.6 is 0 Å². The third-order valence-corrected chi connectivity index (χ3v) is 4.45. The van der Waals surface area contributed by atoms with Crippen molar-refractivity contribution in [1.29, 1.82) is 0 Å². The van der Waals surface area contributed by atoms with Gasteiger partial charge < -0.3 is 15.4 Å². The molecule has 1 aliphatic rings. The van der Waals surface area contributed by atoms with Gasteiger partial charge in [0.15, 0.2) is 6.10 Å². The summed E-state index contributed by atoms with van der Waals surface area (Å²) in [5.74, 6) is -2.45. The van der Waals surface area contributed by atoms with Crippen LogP contribution in [-0.2, 0) is 19.1 Å². The van der Waals surface area contributed by atoms with Gasteiger partial charge in [0.05, 0.1) is 0 Å². The van der Waals surface area contributed by atoms with Gasteiger partial charge >= 0.3 is 12.0 Å². The highest BCUT2D eigenvalue weighted by Crippen LogP contribution is 2.23. The van der Waals surface area contributed by atoms with Crippen molar-refractivity contribution in [2.75, 3.05) is 11.9 Å². The quantitative estimate of drug-likeness (QED) is 0.520. The molecule has 1 aromatic carbocycles. The summed E-state index contributed by atoms with van der Waals surface area (Å²) in [6.07, 6.45) is 0.920. The molecule has 1 aliphatic heterocycles. The number of unbranched alkanes of at least 4 members (excludes halogenated alkanes) is 1. The molecule has 0 unspecified atom stereocenters. The first-order chi connectivity index (χ1) is 13.2. The van der Waals surface area contributed by atoms with Gasteiger partial charge in [0, 0.05) is 5.69 Å². The second-order valence-corrected chi connectivity index (χ2v) is 6.89. The Morgan fingerprint density at radius 2 is 1.93 bits per heavy atom. The minimum atomic E-state index is -1.16. The number of halogens is 1. The maximum absolute atomic E-state index is 12.9. The summed E-state index contributed by atoms with van der Waals surface area (Å²) in [6, 6.07) is 4.43. The topological polar surface area (TPSA) is 105 Å². The lowest BCUT2D eigenvalue weighted by Crippen LogP contribution is -2.44. The van der Waals surface area contributed by atoms with Crippen LogP contribution in [0, 0.1) is 5.82 Å². The number of nitrogens with zero attached hydrogens (tertiary/aromatic N) is 1. The number of hydrogen-bond donors (Lipinski definition) is 2. The fourth-order valence-corrected chi connectivity index (χ4v) is 2.78. The Kier molecular flexibility index (Phi) is 6.71. The number of esters is 1. The Labute approximate surface area is 162 Å². The van der Waals surface area contributed by atoms with Gasteiger partial charge in [0.2, 0.25) is 0 Å². The van der Waals surface area contributed by atoms with E-state index in [4.69, 9.17) is 4.74 Å². The lowest BCUT2D eigenvalue weighted by molar-refractivity contribution is -0.155. The van der Waals surface area contributed by atoms with E-state index >= 15 is 0 Å². The van der Waals surface area contributed by atoms with E-state index < -0.39 is 47.8 Å². The Balaban J connectivity index is 1.90. The number of ether oxygens (including phenoxy) is 1. The zero-order chi connectivity index (χ0) is 20.9. The molecule has 0 saturated carbocycles. The van der Waals surface area contributed by atoms with E-state index in [1.807, 2.05) is 6.92 Å². The fourth-order valence-electron chi connectivity index (χ4n) is 2.78. The van der Waals surface area contributed by atoms with Gasteiger partial charge in [-0.3, -0.25) is 19.3 Å². The molecule has 28 heavy (non-hydrogen) atoms. The minimum absolute atomic E-state index is 0.343. The van der Waals surface area contributed by atoms with Gasteiger partial charge in [-0.1, -0.05) is 19.8 Å². The number of benzene rings is 1. The second-order valence-electron chi connectivity index (χ2n) is 6.89. The van der Waals surface area contributed by atoms with Crippen LogP contribution in [0.4, 0.5) is 14.9 Å². The van der Waals surface area contributed by atoms with E-state index in [1.54, 1.807) is 6.92 Å². The summed E-state index contributed by atoms with van der Waals surface area (Å²) in [5, 5.41) is 5.08. The van der Waals surface area contributed by atoms with Crippen LogP contribution in [0.5, 0.6) is 0 Å². The molecule has 1 fully saturated rings. The van der Waals surface area contributed by atoms with Gasteiger partial charge in [-0.25, -0.2) is 9.18 Å². The molecule has 0 spiro atoms. The molecule has 0 radical (unpaired) electrons. The highest BCUT2D eigenvalue weighted by atomic mass is 19.1. The van der Waals surface area contributed by atoms with Crippen LogP contribution in [0.15, 0.2) is 24.3 Å². The molecule has 2 N–H and O–H groups in total. The zero-order valence-corrected chi connectivity index (χ0v) is 16.1. The summed E-state index contributed by atoms with van der Waals surface area (Å²) in [6.45, 7) is 4.36. The lowest BCUT2D eigenvalue weighted by Gasteiger charge is -2.21. The Morgan fingerprint density at radius 1 is 1.29 bits per heavy atom. The molecular formula is C19H24FN3O5. The largest absolute Gasteiger partial charge is 0.451 e. The molecule has 2 rings (SSSR count). The molecule has 0 aliphatic carbocycles. The molecule has 152 valence electrons.